The summed E-state index contributed by atoms with van der Waals surface area (Å²) in [5.74, 6) is -0.288. The molecular weight excluding hydrogens is 385 g/mol. The fourth-order valence-corrected chi connectivity index (χ4v) is 4.18. The number of benzene rings is 1. The van der Waals surface area contributed by atoms with Crippen molar-refractivity contribution in [2.45, 2.75) is 57.7 Å². The molecule has 0 bridgehead atoms. The molecule has 1 aromatic rings. The molecule has 0 radical (unpaired) electrons. The van der Waals surface area contributed by atoms with Gasteiger partial charge in [-0.1, -0.05) is 19.1 Å². The van der Waals surface area contributed by atoms with Crippen LogP contribution in [0.1, 0.15) is 43.7 Å². The van der Waals surface area contributed by atoms with Crippen molar-refractivity contribution in [2.75, 3.05) is 20.1 Å². The number of nitrogens with one attached hydrogen (secondary N) is 2. The first-order chi connectivity index (χ1) is 14.5. The lowest BCUT2D eigenvalue weighted by Crippen LogP contribution is -2.58. The topological polar surface area (TPSA) is 88.5 Å². The van der Waals surface area contributed by atoms with Gasteiger partial charge in [-0.25, -0.2) is 14.0 Å². The van der Waals surface area contributed by atoms with Crippen molar-refractivity contribution < 1.29 is 14.0 Å². The zero-order valence-corrected chi connectivity index (χ0v) is 17.7. The van der Waals surface area contributed by atoms with Crippen LogP contribution in [0.25, 0.3) is 0 Å². The maximum atomic E-state index is 14.3. The number of nitrogens with zero attached hydrogens (tertiary/aromatic N) is 3. The summed E-state index contributed by atoms with van der Waals surface area (Å²) in [6.07, 6.45) is 3.63. The lowest BCUT2D eigenvalue weighted by Gasteiger charge is -2.42. The molecule has 162 valence electrons. The molecule has 2 atom stereocenters. The number of piperidine rings is 1. The molecule has 1 saturated heterocycles. The highest BCUT2D eigenvalue weighted by Crippen LogP contribution is 2.33. The molecule has 2 N–H and O–H groups in total. The van der Waals surface area contributed by atoms with Crippen LogP contribution in [-0.2, 0) is 13.0 Å². The highest BCUT2D eigenvalue weighted by atomic mass is 19.1. The molecule has 1 saturated carbocycles. The van der Waals surface area contributed by atoms with Gasteiger partial charge >= 0.3 is 12.1 Å². The molecule has 1 aromatic carbocycles. The number of urea groups is 2. The fourth-order valence-electron chi connectivity index (χ4n) is 4.18. The number of nitriles is 1. The van der Waals surface area contributed by atoms with Gasteiger partial charge in [0.1, 0.15) is 5.82 Å². The van der Waals surface area contributed by atoms with Crippen LogP contribution < -0.4 is 10.6 Å². The molecular formula is C22H30FN5O2. The monoisotopic (exact) mass is 415 g/mol. The van der Waals surface area contributed by atoms with E-state index in [1.807, 2.05) is 17.9 Å². The molecule has 1 heterocycles. The molecule has 3 rings (SSSR count). The fraction of sp³-hybridized carbons (Fsp3) is 0.591. The Morgan fingerprint density at radius 2 is 2.07 bits per heavy atom. The van der Waals surface area contributed by atoms with E-state index in [9.17, 15) is 14.0 Å². The van der Waals surface area contributed by atoms with Gasteiger partial charge in [0.05, 0.1) is 12.1 Å². The Morgan fingerprint density at radius 3 is 2.67 bits per heavy atom. The Morgan fingerprint density at radius 1 is 1.30 bits per heavy atom. The Kier molecular flexibility index (Phi) is 7.14. The average molecular weight is 416 g/mol. The van der Waals surface area contributed by atoms with Gasteiger partial charge in [0.15, 0.2) is 0 Å². The maximum absolute atomic E-state index is 14.3. The minimum Gasteiger partial charge on any atom is -0.341 e. The van der Waals surface area contributed by atoms with Gasteiger partial charge < -0.3 is 20.4 Å². The van der Waals surface area contributed by atoms with Crippen molar-refractivity contribution in [3.8, 4) is 6.07 Å². The van der Waals surface area contributed by atoms with Gasteiger partial charge in [-0.3, -0.25) is 0 Å². The Labute approximate surface area is 177 Å². The van der Waals surface area contributed by atoms with Crippen molar-refractivity contribution in [1.82, 2.24) is 20.4 Å². The van der Waals surface area contributed by atoms with E-state index in [0.29, 0.717) is 31.5 Å². The van der Waals surface area contributed by atoms with Crippen LogP contribution in [0.15, 0.2) is 18.2 Å². The smallest absolute Gasteiger partial charge is 0.318 e. The molecule has 1 aliphatic heterocycles. The van der Waals surface area contributed by atoms with Crippen LogP contribution in [0.5, 0.6) is 0 Å². The second kappa shape index (κ2) is 9.79. The van der Waals surface area contributed by atoms with Crippen LogP contribution in [0.4, 0.5) is 14.0 Å². The second-order valence-corrected chi connectivity index (χ2v) is 8.15. The number of likely N-dealkylation sites (tertiary alicyclic amines) is 1. The van der Waals surface area contributed by atoms with Crippen molar-refractivity contribution in [2.24, 2.45) is 5.92 Å². The zero-order chi connectivity index (χ0) is 21.7. The molecule has 2 fully saturated rings. The van der Waals surface area contributed by atoms with E-state index in [4.69, 9.17) is 5.26 Å². The van der Waals surface area contributed by atoms with Crippen LogP contribution in [0, 0.1) is 23.1 Å². The van der Waals surface area contributed by atoms with Crippen LogP contribution >= 0.6 is 0 Å². The third kappa shape index (κ3) is 5.21. The normalized spacial score (nSPS) is 20.9. The second-order valence-electron chi connectivity index (χ2n) is 8.15. The van der Waals surface area contributed by atoms with E-state index in [-0.39, 0.29) is 42.4 Å². The molecule has 30 heavy (non-hydrogen) atoms. The summed E-state index contributed by atoms with van der Waals surface area (Å²) < 4.78 is 14.3. The molecule has 4 amide bonds. The molecule has 7 nitrogen and oxygen atoms in total. The molecule has 0 spiro atoms. The van der Waals surface area contributed by atoms with Crippen molar-refractivity contribution >= 4 is 12.1 Å². The molecule has 2 aliphatic rings. The molecule has 8 heteroatoms. The van der Waals surface area contributed by atoms with Crippen molar-refractivity contribution in [3.05, 3.63) is 35.1 Å². The number of aryl methyl sites for hydroxylation is 1. The predicted octanol–water partition coefficient (Wildman–Crippen LogP) is 3.01. The highest BCUT2D eigenvalue weighted by molar-refractivity contribution is 5.76. The van der Waals surface area contributed by atoms with Crippen LogP contribution in [0.2, 0.25) is 0 Å². The van der Waals surface area contributed by atoms with Gasteiger partial charge in [-0.15, -0.1) is 0 Å². The summed E-state index contributed by atoms with van der Waals surface area (Å²) in [5.41, 5.74) is 1.37. The lowest BCUT2D eigenvalue weighted by molar-refractivity contribution is 0.0921. The first kappa shape index (κ1) is 21.9. The minimum absolute atomic E-state index is 0.0270. The third-order valence-electron chi connectivity index (χ3n) is 5.92. The summed E-state index contributed by atoms with van der Waals surface area (Å²) in [5, 5.41) is 14.6. The van der Waals surface area contributed by atoms with E-state index < -0.39 is 0 Å². The van der Waals surface area contributed by atoms with E-state index in [1.54, 1.807) is 18.0 Å². The zero-order valence-electron chi connectivity index (χ0n) is 17.7. The number of hydrogen-bond acceptors (Lipinski definition) is 3. The Balaban J connectivity index is 1.70. The first-order valence-corrected chi connectivity index (χ1v) is 10.6. The number of carbonyl (C=O) groups is 2. The summed E-state index contributed by atoms with van der Waals surface area (Å²) in [4.78, 5) is 28.8. The maximum Gasteiger partial charge on any atom is 0.318 e. The van der Waals surface area contributed by atoms with Crippen molar-refractivity contribution in [3.63, 3.8) is 0 Å². The van der Waals surface area contributed by atoms with Gasteiger partial charge in [-0.2, -0.15) is 5.26 Å². The number of rotatable bonds is 6. The van der Waals surface area contributed by atoms with Crippen molar-refractivity contribution in [1.29, 1.82) is 5.26 Å². The number of halogens is 1. The highest BCUT2D eigenvalue weighted by Gasteiger charge is 2.41. The summed E-state index contributed by atoms with van der Waals surface area (Å²) >= 11 is 0. The summed E-state index contributed by atoms with van der Waals surface area (Å²) in [7, 11) is 1.58. The van der Waals surface area contributed by atoms with E-state index >= 15 is 0 Å². The summed E-state index contributed by atoms with van der Waals surface area (Å²) in [6, 6.07) is 6.83. The van der Waals surface area contributed by atoms with E-state index in [0.717, 1.165) is 24.8 Å². The Hall–Kier alpha value is -2.82. The molecule has 1 aliphatic carbocycles. The first-order valence-electron chi connectivity index (χ1n) is 10.6. The van der Waals surface area contributed by atoms with Gasteiger partial charge in [0, 0.05) is 44.7 Å². The lowest BCUT2D eigenvalue weighted by atomic mass is 9.91. The quantitative estimate of drug-likeness (QED) is 0.749. The number of carbonyl (C=O) groups excluding carboxylic acids is 2. The number of amides is 4. The molecule has 2 unspecified atom stereocenters. The van der Waals surface area contributed by atoms with Gasteiger partial charge in [-0.05, 0) is 43.2 Å². The van der Waals surface area contributed by atoms with E-state index in [2.05, 4.69) is 16.7 Å². The summed E-state index contributed by atoms with van der Waals surface area (Å²) in [6.45, 7) is 3.03. The van der Waals surface area contributed by atoms with Gasteiger partial charge in [0.25, 0.3) is 0 Å². The number of hydrogen-bond donors (Lipinski definition) is 2. The van der Waals surface area contributed by atoms with Gasteiger partial charge in [0.2, 0.25) is 0 Å². The Bertz CT molecular complexity index is 820. The largest absolute Gasteiger partial charge is 0.341 e. The van der Waals surface area contributed by atoms with Crippen LogP contribution in [-0.4, -0.2) is 54.1 Å². The average Bonchev–Trinajstić information content (AvgIpc) is 3.57. The molecule has 0 aromatic heterocycles. The van der Waals surface area contributed by atoms with E-state index in [1.165, 1.54) is 6.07 Å². The van der Waals surface area contributed by atoms with Crippen LogP contribution in [0.3, 0.4) is 0 Å². The SMILES string of the molecule is CCc1ccc(CNC(=O)N(C2CC2)C2CC(CC#N)CN(C(=O)NC)C2)c(F)c1. The standard InChI is InChI=1S/C22H30FN5O2/c1-3-15-4-5-17(20(23)11-15)12-26-22(30)28(18-6-7-18)19-10-16(8-9-24)13-27(14-19)21(29)25-2/h4-5,11,16,18-19H,3,6-8,10,12-14H2,1-2H3,(H,25,29)(H,26,30). The third-order valence-corrected chi connectivity index (χ3v) is 5.92. The predicted molar refractivity (Wildman–Crippen MR) is 111 cm³/mol. The minimum atomic E-state index is -0.315.